The van der Waals surface area contributed by atoms with Crippen molar-refractivity contribution in [2.24, 2.45) is 0 Å². The van der Waals surface area contributed by atoms with E-state index in [0.29, 0.717) is 11.5 Å². The molecule has 0 amide bonds. The molecule has 0 aliphatic carbocycles. The molecule has 0 fully saturated rings. The van der Waals surface area contributed by atoms with E-state index in [1.807, 2.05) is 24.4 Å². The van der Waals surface area contributed by atoms with Gasteiger partial charge in [0.05, 0.1) is 0 Å². The van der Waals surface area contributed by atoms with E-state index >= 15 is 0 Å². The van der Waals surface area contributed by atoms with Crippen LogP contribution in [0.5, 0.6) is 11.5 Å². The van der Waals surface area contributed by atoms with Gasteiger partial charge in [-0.25, -0.2) is 4.98 Å². The van der Waals surface area contributed by atoms with Gasteiger partial charge in [0.1, 0.15) is 5.82 Å². The van der Waals surface area contributed by atoms with Crippen molar-refractivity contribution in [3.05, 3.63) is 199 Å². The van der Waals surface area contributed by atoms with Gasteiger partial charge in [-0.05, 0) is 102 Å². The molecule has 9 aromatic rings. The van der Waals surface area contributed by atoms with Crippen molar-refractivity contribution in [1.29, 1.82) is 0 Å². The Morgan fingerprint density at radius 2 is 1.09 bits per heavy atom. The first-order valence-corrected chi connectivity index (χ1v) is 24.3. The van der Waals surface area contributed by atoms with Crippen molar-refractivity contribution in [1.82, 2.24) is 9.55 Å². The molecule has 0 radical (unpaired) electrons. The standard InChI is InChI=1S/C64H63N4O.Pt/c1-61(2,3)45-26-28-52(42-19-14-13-15-20-42)58(37-45)67-41-66(56-23-16-17-24-57(56)67)49-21-18-22-50(39-49)69-51-27-29-53-54-35-43(44-33-47(63(7,8)9)36-48(34-44)64(10,11)12)25-30-55(54)68(59(53)40-51)60-38-46(31-32-65-60)62(4,5)6;/h13-38,41H,1-12H3;/q-3;. The predicted molar refractivity (Wildman–Crippen MR) is 290 cm³/mol. The zero-order valence-corrected chi connectivity index (χ0v) is 44.9. The van der Waals surface area contributed by atoms with Gasteiger partial charge in [0, 0.05) is 66.9 Å². The van der Waals surface area contributed by atoms with Crippen LogP contribution in [-0.2, 0) is 42.7 Å². The smallest absolute Gasteiger partial charge is 0.135 e. The molecule has 70 heavy (non-hydrogen) atoms. The van der Waals surface area contributed by atoms with Crippen LogP contribution in [0.2, 0.25) is 0 Å². The van der Waals surface area contributed by atoms with Gasteiger partial charge in [0.2, 0.25) is 0 Å². The van der Waals surface area contributed by atoms with E-state index in [0.717, 1.165) is 50.4 Å². The van der Waals surface area contributed by atoms with E-state index in [1.54, 1.807) is 0 Å². The molecule has 358 valence electrons. The summed E-state index contributed by atoms with van der Waals surface area (Å²) in [7, 11) is 0. The maximum Gasteiger partial charge on any atom is 0.135 e. The van der Waals surface area contributed by atoms with Gasteiger partial charge in [-0.3, -0.25) is 0 Å². The Morgan fingerprint density at radius 1 is 0.457 bits per heavy atom. The summed E-state index contributed by atoms with van der Waals surface area (Å²) in [6, 6.07) is 62.1. The van der Waals surface area contributed by atoms with Crippen LogP contribution in [0.15, 0.2) is 158 Å². The largest absolute Gasteiger partial charge is 0.509 e. The summed E-state index contributed by atoms with van der Waals surface area (Å²) in [5.41, 5.74) is 15.9. The Bertz CT molecular complexity index is 3360. The molecule has 3 heterocycles. The third-order valence-corrected chi connectivity index (χ3v) is 13.6. The number of pyridine rings is 1. The van der Waals surface area contributed by atoms with E-state index in [-0.39, 0.29) is 42.7 Å². The average Bonchev–Trinajstić information content (AvgIpc) is 3.86. The second kappa shape index (κ2) is 18.1. The molecule has 0 atom stereocenters. The van der Waals surface area contributed by atoms with Crippen LogP contribution in [0.1, 0.15) is 105 Å². The first-order chi connectivity index (χ1) is 32.7. The minimum atomic E-state index is -0.0593. The third-order valence-electron chi connectivity index (χ3n) is 13.6. The first kappa shape index (κ1) is 48.6. The first-order valence-electron chi connectivity index (χ1n) is 24.3. The van der Waals surface area contributed by atoms with Crippen LogP contribution in [0.25, 0.3) is 49.9 Å². The molecule has 10 rings (SSSR count). The van der Waals surface area contributed by atoms with Crippen molar-refractivity contribution >= 4 is 44.6 Å². The number of anilines is 4. The van der Waals surface area contributed by atoms with Gasteiger partial charge in [0.25, 0.3) is 0 Å². The molecule has 0 saturated carbocycles. The Labute approximate surface area is 430 Å². The number of rotatable bonds is 7. The summed E-state index contributed by atoms with van der Waals surface area (Å²) in [6.07, 6.45) is 1.92. The van der Waals surface area contributed by atoms with Crippen LogP contribution in [-0.4, -0.2) is 9.55 Å². The van der Waals surface area contributed by atoms with E-state index < -0.39 is 0 Å². The number of hydrogen-bond donors (Lipinski definition) is 0. The molecule has 5 nitrogen and oxygen atoms in total. The minimum Gasteiger partial charge on any atom is -0.509 e. The van der Waals surface area contributed by atoms with Crippen LogP contribution in [0, 0.1) is 18.8 Å². The minimum absolute atomic E-state index is 0. The van der Waals surface area contributed by atoms with Crippen LogP contribution >= 0.6 is 0 Å². The van der Waals surface area contributed by atoms with E-state index in [4.69, 9.17) is 9.72 Å². The zero-order chi connectivity index (χ0) is 48.6. The van der Waals surface area contributed by atoms with Crippen molar-refractivity contribution < 1.29 is 25.8 Å². The van der Waals surface area contributed by atoms with Gasteiger partial charge in [0.15, 0.2) is 0 Å². The van der Waals surface area contributed by atoms with Crippen LogP contribution < -0.4 is 14.5 Å². The van der Waals surface area contributed by atoms with Crippen LogP contribution in [0.3, 0.4) is 0 Å². The molecular formula is C64H63N4OPt-3. The predicted octanol–water partition coefficient (Wildman–Crippen LogP) is 17.5. The summed E-state index contributed by atoms with van der Waals surface area (Å²) < 4.78 is 9.01. The second-order valence-corrected chi connectivity index (χ2v) is 22.8. The second-order valence-electron chi connectivity index (χ2n) is 22.8. The number of fused-ring (bicyclic) bond motifs is 4. The number of benzene rings is 7. The molecule has 0 bridgehead atoms. The molecule has 0 unspecified atom stereocenters. The monoisotopic (exact) mass is 1100 g/mol. The molecule has 2 aromatic heterocycles. The summed E-state index contributed by atoms with van der Waals surface area (Å²) in [6.45, 7) is 29.5. The van der Waals surface area contributed by atoms with Crippen molar-refractivity contribution in [2.75, 3.05) is 9.80 Å². The molecule has 1 aliphatic rings. The Kier molecular flexibility index (Phi) is 12.5. The fourth-order valence-electron chi connectivity index (χ4n) is 9.38. The molecule has 1 aliphatic heterocycles. The third kappa shape index (κ3) is 9.34. The topological polar surface area (TPSA) is 33.5 Å². The number of para-hydroxylation sites is 2. The summed E-state index contributed by atoms with van der Waals surface area (Å²) in [5.74, 6) is 2.04. The van der Waals surface area contributed by atoms with Crippen molar-refractivity contribution in [3.8, 4) is 39.6 Å². The maximum absolute atomic E-state index is 6.77. The van der Waals surface area contributed by atoms with Gasteiger partial charge in [-0.2, -0.15) is 12.1 Å². The van der Waals surface area contributed by atoms with Gasteiger partial charge in [-0.1, -0.05) is 174 Å². The number of nitrogens with zero attached hydrogens (tertiary/aromatic N) is 4. The quantitative estimate of drug-likeness (QED) is 0.149. The molecule has 6 heteroatoms. The summed E-state index contributed by atoms with van der Waals surface area (Å²) >= 11 is 0. The zero-order valence-electron chi connectivity index (χ0n) is 42.6. The molecule has 0 saturated heterocycles. The van der Waals surface area contributed by atoms with Gasteiger partial charge in [-0.15, -0.1) is 48.1 Å². The molecule has 0 spiro atoms. The fourth-order valence-corrected chi connectivity index (χ4v) is 9.38. The Balaban J connectivity index is 0.00000608. The fraction of sp³-hybridized carbons (Fsp3) is 0.250. The number of ether oxygens (including phenoxy) is 1. The Morgan fingerprint density at radius 3 is 1.76 bits per heavy atom. The normalized spacial score (nSPS) is 13.2. The maximum atomic E-state index is 6.77. The molecule has 0 N–H and O–H groups in total. The average molecular weight is 1100 g/mol. The Hall–Kier alpha value is -6.42. The van der Waals surface area contributed by atoms with Gasteiger partial charge >= 0.3 is 0 Å². The number of aromatic nitrogens is 2. The van der Waals surface area contributed by atoms with E-state index in [1.165, 1.54) is 44.5 Å². The SMILES string of the molecule is CC(C)(C)c1cc(-c2ccc3c(c2)c2ccc(Oc4[c-]c(N5[CH-]N(c6cc(C(C)(C)C)ccc6-c6ccccc6)c6ccccc65)ccc4)[c-]c2n3-c2cc(C(C)(C)C)ccn2)cc(C(C)(C)C)c1.[Pt]. The van der Waals surface area contributed by atoms with Gasteiger partial charge < -0.3 is 19.1 Å². The van der Waals surface area contributed by atoms with Crippen LogP contribution in [0.4, 0.5) is 22.7 Å². The summed E-state index contributed by atoms with van der Waals surface area (Å²) in [5, 5.41) is 2.22. The van der Waals surface area contributed by atoms with Crippen molar-refractivity contribution in [2.45, 2.75) is 105 Å². The van der Waals surface area contributed by atoms with Crippen molar-refractivity contribution in [3.63, 3.8) is 0 Å². The molecular weight excluding hydrogens is 1040 g/mol. The van der Waals surface area contributed by atoms with E-state index in [2.05, 4.69) is 250 Å². The number of hydrogen-bond acceptors (Lipinski definition) is 4. The van der Waals surface area contributed by atoms with E-state index in [9.17, 15) is 0 Å². The summed E-state index contributed by atoms with van der Waals surface area (Å²) in [4.78, 5) is 9.51. The molecule has 7 aromatic carbocycles.